The van der Waals surface area contributed by atoms with Crippen molar-refractivity contribution in [2.24, 2.45) is 0 Å². The molecule has 24 heavy (non-hydrogen) atoms. The first-order valence-corrected chi connectivity index (χ1v) is 7.91. The van der Waals surface area contributed by atoms with E-state index in [2.05, 4.69) is 0 Å². The van der Waals surface area contributed by atoms with E-state index in [1.165, 1.54) is 56.7 Å². The van der Waals surface area contributed by atoms with E-state index < -0.39 is 19.4 Å². The van der Waals surface area contributed by atoms with Gasteiger partial charge in [0.05, 0.1) is 14.2 Å². The van der Waals surface area contributed by atoms with Gasteiger partial charge in [0, 0.05) is 16.9 Å². The second-order valence-electron chi connectivity index (χ2n) is 4.51. The molecule has 1 unspecified atom stereocenters. The van der Waals surface area contributed by atoms with Crippen molar-refractivity contribution < 1.29 is 47.7 Å². The fraction of sp³-hybridized carbons (Fsp3) is 0.188. The van der Waals surface area contributed by atoms with E-state index in [1.54, 1.807) is 6.07 Å². The minimum atomic E-state index is -4.68. The van der Waals surface area contributed by atoms with Gasteiger partial charge in [-0.15, -0.1) is 0 Å². The van der Waals surface area contributed by atoms with Gasteiger partial charge < -0.3 is 10.9 Å². The minimum Gasteiger partial charge on any atom is -1.00 e. The average molecular weight is 350 g/mol. The third-order valence-electron chi connectivity index (χ3n) is 3.11. The van der Waals surface area contributed by atoms with E-state index in [4.69, 9.17) is 9.47 Å². The van der Waals surface area contributed by atoms with Crippen molar-refractivity contribution in [2.45, 2.75) is 5.92 Å². The summed E-state index contributed by atoms with van der Waals surface area (Å²) in [6.45, 7) is 0. The second kappa shape index (κ2) is 8.57. The topological polar surface area (TPSA) is 35.5 Å². The number of carbonyl (C=O) groups is 1. The monoisotopic (exact) mass is 350 g/mol. The van der Waals surface area contributed by atoms with Gasteiger partial charge in [-0.25, -0.2) is 0 Å². The Morgan fingerprint density at radius 3 is 2.17 bits per heavy atom. The standard InChI is InChI=1S/C16H14F3O3P.Li.H/c1-21-12-8-9-14(13(10-12)22-2)23(16(17,18)19)15(20)11-6-4-3-5-7-11;;/h3-10H,1-2H3;;/q;+1;-1. The molecule has 0 N–H and O–H groups in total. The maximum absolute atomic E-state index is 13.6. The van der Waals surface area contributed by atoms with Gasteiger partial charge in [-0.05, 0) is 12.1 Å². The number of alkyl halides is 3. The van der Waals surface area contributed by atoms with Gasteiger partial charge in [0.2, 0.25) is 0 Å². The summed E-state index contributed by atoms with van der Waals surface area (Å²) in [7, 11) is -0.440. The third kappa shape index (κ3) is 4.54. The van der Waals surface area contributed by atoms with Crippen LogP contribution >= 0.6 is 7.92 Å². The maximum Gasteiger partial charge on any atom is 1.00 e. The number of methoxy groups -OCH3 is 2. The SMILES string of the molecule is COc1ccc(P(C(=O)c2ccccc2)C(F)(F)F)c(OC)c1.[H-].[Li+]. The summed E-state index contributed by atoms with van der Waals surface area (Å²) in [5.41, 5.74) is -0.939. The number of carbonyl (C=O) groups excluding carboxylic acids is 1. The van der Waals surface area contributed by atoms with Crippen LogP contribution in [-0.2, 0) is 0 Å². The Morgan fingerprint density at radius 1 is 1.04 bits per heavy atom. The predicted octanol–water partition coefficient (Wildman–Crippen LogP) is 1.29. The summed E-state index contributed by atoms with van der Waals surface area (Å²) in [5.74, 6) is -4.34. The molecule has 124 valence electrons. The van der Waals surface area contributed by atoms with Crippen molar-refractivity contribution in [3.63, 3.8) is 0 Å². The van der Waals surface area contributed by atoms with Crippen LogP contribution in [0.5, 0.6) is 11.5 Å². The fourth-order valence-electron chi connectivity index (χ4n) is 2.04. The van der Waals surface area contributed by atoms with Crippen LogP contribution in [0.15, 0.2) is 48.5 Å². The zero-order valence-electron chi connectivity index (χ0n) is 14.4. The number of rotatable bonds is 5. The number of benzene rings is 2. The first kappa shape index (κ1) is 20.6. The molecule has 0 aromatic heterocycles. The largest absolute Gasteiger partial charge is 1.00 e. The molecule has 1 atom stereocenters. The van der Waals surface area contributed by atoms with Gasteiger partial charge in [-0.2, -0.15) is 13.2 Å². The zero-order valence-corrected chi connectivity index (χ0v) is 14.3. The van der Waals surface area contributed by atoms with E-state index in [9.17, 15) is 18.0 Å². The van der Waals surface area contributed by atoms with Gasteiger partial charge in [0.15, 0.2) is 5.52 Å². The summed E-state index contributed by atoms with van der Waals surface area (Å²) in [4.78, 5) is 12.4. The Balaban J connectivity index is 0.00000288. The predicted molar refractivity (Wildman–Crippen MR) is 84.0 cm³/mol. The van der Waals surface area contributed by atoms with Crippen LogP contribution < -0.4 is 33.6 Å². The van der Waals surface area contributed by atoms with Gasteiger partial charge in [-0.1, -0.05) is 30.3 Å². The maximum atomic E-state index is 13.6. The van der Waals surface area contributed by atoms with Gasteiger partial charge >= 0.3 is 24.8 Å². The Morgan fingerprint density at radius 2 is 1.67 bits per heavy atom. The van der Waals surface area contributed by atoms with E-state index in [1.807, 2.05) is 0 Å². The summed E-state index contributed by atoms with van der Waals surface area (Å²) < 4.78 is 50.7. The Kier molecular flexibility index (Phi) is 7.35. The Labute approximate surface area is 152 Å². The van der Waals surface area contributed by atoms with Crippen molar-refractivity contribution in [1.29, 1.82) is 0 Å². The molecule has 0 aliphatic heterocycles. The number of hydrogen-bond donors (Lipinski definition) is 0. The number of hydrogen-bond acceptors (Lipinski definition) is 3. The molecule has 8 heteroatoms. The van der Waals surface area contributed by atoms with Crippen molar-refractivity contribution in [3.8, 4) is 11.5 Å². The third-order valence-corrected chi connectivity index (χ3v) is 5.13. The Hall–Kier alpha value is -1.47. The second-order valence-corrected chi connectivity index (χ2v) is 6.58. The molecule has 2 aromatic rings. The first-order chi connectivity index (χ1) is 10.9. The molecule has 3 nitrogen and oxygen atoms in total. The van der Waals surface area contributed by atoms with E-state index >= 15 is 0 Å². The molecule has 0 saturated carbocycles. The fourth-order valence-corrected chi connectivity index (χ4v) is 3.77. The molecular formula is C16H15F3LiO3P. The van der Waals surface area contributed by atoms with Crippen LogP contribution in [0.2, 0.25) is 0 Å². The molecule has 0 fully saturated rings. The minimum absolute atomic E-state index is 0. The van der Waals surface area contributed by atoms with Crippen LogP contribution in [0.1, 0.15) is 11.8 Å². The van der Waals surface area contributed by atoms with Crippen molar-refractivity contribution >= 4 is 18.8 Å². The molecule has 2 rings (SSSR count). The van der Waals surface area contributed by atoms with E-state index in [0.29, 0.717) is 5.75 Å². The number of ether oxygens (including phenoxy) is 2. The zero-order chi connectivity index (χ0) is 17.0. The summed E-state index contributed by atoms with van der Waals surface area (Å²) in [5, 5.41) is -0.176. The van der Waals surface area contributed by atoms with Crippen molar-refractivity contribution in [2.75, 3.05) is 14.2 Å². The van der Waals surface area contributed by atoms with E-state index in [0.717, 1.165) is 0 Å². The van der Waals surface area contributed by atoms with Crippen LogP contribution in [0.25, 0.3) is 0 Å². The molecule has 0 saturated heterocycles. The average Bonchev–Trinajstić information content (AvgIpc) is 2.54. The molecule has 0 bridgehead atoms. The number of halogens is 3. The first-order valence-electron chi connectivity index (χ1n) is 6.57. The van der Waals surface area contributed by atoms with Crippen LogP contribution in [0.3, 0.4) is 0 Å². The smallest absolute Gasteiger partial charge is 1.00 e. The van der Waals surface area contributed by atoms with Crippen molar-refractivity contribution in [1.82, 2.24) is 0 Å². The molecule has 0 aliphatic carbocycles. The van der Waals surface area contributed by atoms with Crippen LogP contribution in [0, 0.1) is 0 Å². The summed E-state index contributed by atoms with van der Waals surface area (Å²) in [6.07, 6.45) is 0. The van der Waals surface area contributed by atoms with Gasteiger partial charge in [-0.3, -0.25) is 4.79 Å². The summed E-state index contributed by atoms with van der Waals surface area (Å²) in [6, 6.07) is 11.4. The van der Waals surface area contributed by atoms with Crippen LogP contribution in [0.4, 0.5) is 13.2 Å². The molecular weight excluding hydrogens is 335 g/mol. The van der Waals surface area contributed by atoms with Crippen molar-refractivity contribution in [3.05, 3.63) is 54.1 Å². The van der Waals surface area contributed by atoms with E-state index in [-0.39, 0.29) is 36.9 Å². The Bertz CT molecular complexity index is 699. The molecule has 0 heterocycles. The van der Waals surface area contributed by atoms with Crippen LogP contribution in [-0.4, -0.2) is 25.7 Å². The van der Waals surface area contributed by atoms with Gasteiger partial charge in [0.1, 0.15) is 19.4 Å². The molecule has 0 aliphatic rings. The molecule has 2 aromatic carbocycles. The molecule has 0 spiro atoms. The quantitative estimate of drug-likeness (QED) is 0.602. The molecule has 0 radical (unpaired) electrons. The van der Waals surface area contributed by atoms with Gasteiger partial charge in [0.25, 0.3) is 0 Å². The summed E-state index contributed by atoms with van der Waals surface area (Å²) >= 11 is 0. The molecule has 0 amide bonds. The normalized spacial score (nSPS) is 12.0.